The van der Waals surface area contributed by atoms with Crippen LogP contribution in [-0.2, 0) is 4.74 Å². The van der Waals surface area contributed by atoms with Crippen molar-refractivity contribution >= 4 is 5.69 Å². The fourth-order valence-corrected chi connectivity index (χ4v) is 3.56. The number of hydrogen-bond acceptors (Lipinski definition) is 4. The second-order valence-electron chi connectivity index (χ2n) is 7.85. The van der Waals surface area contributed by atoms with Gasteiger partial charge in [0.15, 0.2) is 0 Å². The van der Waals surface area contributed by atoms with Crippen molar-refractivity contribution < 1.29 is 14.2 Å². The van der Waals surface area contributed by atoms with E-state index in [2.05, 4.69) is 62.5 Å². The van der Waals surface area contributed by atoms with Crippen molar-refractivity contribution in [2.24, 2.45) is 0 Å². The lowest BCUT2D eigenvalue weighted by molar-refractivity contribution is 0.0680. The van der Waals surface area contributed by atoms with Crippen LogP contribution in [0.4, 0.5) is 5.69 Å². The van der Waals surface area contributed by atoms with Crippen LogP contribution in [0.5, 0.6) is 11.5 Å². The molecular weight excluding hydrogens is 362 g/mol. The molecule has 2 aromatic rings. The first-order valence-electron chi connectivity index (χ1n) is 11.0. The first-order valence-corrected chi connectivity index (χ1v) is 11.0. The van der Waals surface area contributed by atoms with Crippen LogP contribution in [0.2, 0.25) is 0 Å². The predicted octanol–water partition coefficient (Wildman–Crippen LogP) is 6.03. The third kappa shape index (κ3) is 6.40. The Kier molecular flexibility index (Phi) is 8.24. The van der Waals surface area contributed by atoms with E-state index in [4.69, 9.17) is 14.2 Å². The fourth-order valence-electron chi connectivity index (χ4n) is 3.56. The number of ether oxygens (including phenoxy) is 3. The summed E-state index contributed by atoms with van der Waals surface area (Å²) in [5.74, 6) is 2.38. The molecule has 1 aliphatic heterocycles. The minimum Gasteiger partial charge on any atom is -0.491 e. The van der Waals surface area contributed by atoms with E-state index in [1.807, 2.05) is 12.1 Å². The van der Waals surface area contributed by atoms with E-state index in [0.29, 0.717) is 12.5 Å². The van der Waals surface area contributed by atoms with Crippen LogP contribution in [0.25, 0.3) is 0 Å². The number of rotatable bonds is 11. The first-order chi connectivity index (χ1) is 14.2. The molecule has 0 amide bonds. The zero-order valence-corrected chi connectivity index (χ0v) is 18.0. The number of para-hydroxylation sites is 1. The highest BCUT2D eigenvalue weighted by Crippen LogP contribution is 2.29. The van der Waals surface area contributed by atoms with Gasteiger partial charge in [-0.3, -0.25) is 0 Å². The Balaban J connectivity index is 1.55. The van der Waals surface area contributed by atoms with Gasteiger partial charge in [0.1, 0.15) is 24.2 Å². The van der Waals surface area contributed by atoms with Crippen molar-refractivity contribution in [2.45, 2.75) is 64.6 Å². The molecule has 1 aliphatic rings. The molecule has 1 N–H and O–H groups in total. The molecule has 0 aliphatic carbocycles. The molecule has 1 saturated heterocycles. The standard InChI is InChI=1S/C25H35NO3/c1-4-19(3)24-13-6-7-14-25(24)29-21(5-2)17-26-20-10-8-11-22(16-20)28-18-23-12-9-15-27-23/h6-8,10-11,13-14,16,19,21,23,26H,4-5,9,12,15,17-18H2,1-3H3/t19-,21+,23-/m0/s1. The molecule has 1 heterocycles. The molecule has 2 aromatic carbocycles. The summed E-state index contributed by atoms with van der Waals surface area (Å²) in [6.45, 7) is 8.86. The minimum absolute atomic E-state index is 0.108. The van der Waals surface area contributed by atoms with Gasteiger partial charge in [-0.05, 0) is 55.4 Å². The van der Waals surface area contributed by atoms with Crippen molar-refractivity contribution in [3.8, 4) is 11.5 Å². The molecule has 0 aromatic heterocycles. The highest BCUT2D eigenvalue weighted by Gasteiger charge is 2.16. The molecule has 0 radical (unpaired) electrons. The van der Waals surface area contributed by atoms with Crippen molar-refractivity contribution in [1.82, 2.24) is 0 Å². The van der Waals surface area contributed by atoms with Crippen molar-refractivity contribution in [3.63, 3.8) is 0 Å². The first kappa shape index (κ1) is 21.5. The van der Waals surface area contributed by atoms with Crippen molar-refractivity contribution in [2.75, 3.05) is 25.1 Å². The third-order valence-electron chi connectivity index (χ3n) is 5.64. The van der Waals surface area contributed by atoms with Gasteiger partial charge in [-0.25, -0.2) is 0 Å². The van der Waals surface area contributed by atoms with Gasteiger partial charge in [-0.1, -0.05) is 45.0 Å². The molecular formula is C25H35NO3. The maximum absolute atomic E-state index is 6.37. The molecule has 1 fully saturated rings. The topological polar surface area (TPSA) is 39.7 Å². The third-order valence-corrected chi connectivity index (χ3v) is 5.64. The van der Waals surface area contributed by atoms with Gasteiger partial charge in [0.05, 0.1) is 12.6 Å². The Morgan fingerprint density at radius 3 is 2.72 bits per heavy atom. The molecule has 0 bridgehead atoms. The Morgan fingerprint density at radius 1 is 1.10 bits per heavy atom. The second-order valence-corrected chi connectivity index (χ2v) is 7.85. The lowest BCUT2D eigenvalue weighted by Crippen LogP contribution is -2.26. The summed E-state index contributed by atoms with van der Waals surface area (Å²) in [5, 5.41) is 3.51. The molecule has 4 nitrogen and oxygen atoms in total. The van der Waals surface area contributed by atoms with Crippen molar-refractivity contribution in [1.29, 1.82) is 0 Å². The highest BCUT2D eigenvalue weighted by atomic mass is 16.5. The normalized spacial score (nSPS) is 18.2. The van der Waals surface area contributed by atoms with E-state index >= 15 is 0 Å². The molecule has 158 valence electrons. The average Bonchev–Trinajstić information content (AvgIpc) is 3.29. The van der Waals surface area contributed by atoms with Crippen LogP contribution in [0.3, 0.4) is 0 Å². The second kappa shape index (κ2) is 11.1. The van der Waals surface area contributed by atoms with Gasteiger partial charge in [0.25, 0.3) is 0 Å². The van der Waals surface area contributed by atoms with E-state index in [9.17, 15) is 0 Å². The molecule has 3 rings (SSSR count). The summed E-state index contributed by atoms with van der Waals surface area (Å²) in [6, 6.07) is 16.5. The highest BCUT2D eigenvalue weighted by molar-refractivity contribution is 5.48. The van der Waals surface area contributed by atoms with Crippen LogP contribution in [0.15, 0.2) is 48.5 Å². The number of anilines is 1. The number of benzene rings is 2. The summed E-state index contributed by atoms with van der Waals surface area (Å²) < 4.78 is 17.9. The summed E-state index contributed by atoms with van der Waals surface area (Å²) in [4.78, 5) is 0. The van der Waals surface area contributed by atoms with Gasteiger partial charge in [-0.2, -0.15) is 0 Å². The molecule has 0 spiro atoms. The van der Waals surface area contributed by atoms with E-state index in [1.54, 1.807) is 0 Å². The molecule has 0 unspecified atom stereocenters. The smallest absolute Gasteiger partial charge is 0.123 e. The lowest BCUT2D eigenvalue weighted by atomic mass is 9.98. The zero-order chi connectivity index (χ0) is 20.5. The molecule has 29 heavy (non-hydrogen) atoms. The predicted molar refractivity (Wildman–Crippen MR) is 119 cm³/mol. The maximum atomic E-state index is 6.37. The summed E-state index contributed by atoms with van der Waals surface area (Å²) >= 11 is 0. The van der Waals surface area contributed by atoms with Crippen LogP contribution in [0.1, 0.15) is 57.9 Å². The SMILES string of the molecule is CC[C@H](CNc1cccc(OC[C@@H]2CCCO2)c1)Oc1ccccc1[C@@H](C)CC. The molecule has 0 saturated carbocycles. The lowest BCUT2D eigenvalue weighted by Gasteiger charge is -2.22. The zero-order valence-electron chi connectivity index (χ0n) is 18.0. The van der Waals surface area contributed by atoms with Gasteiger partial charge in [0, 0.05) is 18.4 Å². The maximum Gasteiger partial charge on any atom is 0.123 e. The number of hydrogen-bond donors (Lipinski definition) is 1. The fraction of sp³-hybridized carbons (Fsp3) is 0.520. The van der Waals surface area contributed by atoms with Gasteiger partial charge < -0.3 is 19.5 Å². The Bertz CT molecular complexity index is 742. The van der Waals surface area contributed by atoms with Crippen LogP contribution in [0, 0.1) is 0 Å². The van der Waals surface area contributed by atoms with Crippen LogP contribution < -0.4 is 14.8 Å². The van der Waals surface area contributed by atoms with E-state index in [1.165, 1.54) is 5.56 Å². The Labute approximate surface area is 175 Å². The average molecular weight is 398 g/mol. The Morgan fingerprint density at radius 2 is 1.97 bits per heavy atom. The minimum atomic E-state index is 0.108. The van der Waals surface area contributed by atoms with Crippen LogP contribution in [-0.4, -0.2) is 32.0 Å². The molecule has 3 atom stereocenters. The van der Waals surface area contributed by atoms with Gasteiger partial charge >= 0.3 is 0 Å². The Hall–Kier alpha value is -2.20. The summed E-state index contributed by atoms with van der Waals surface area (Å²) in [7, 11) is 0. The monoisotopic (exact) mass is 397 g/mol. The van der Waals surface area contributed by atoms with E-state index in [0.717, 1.165) is 56.0 Å². The van der Waals surface area contributed by atoms with Gasteiger partial charge in [-0.15, -0.1) is 0 Å². The van der Waals surface area contributed by atoms with Crippen LogP contribution >= 0.6 is 0 Å². The van der Waals surface area contributed by atoms with E-state index < -0.39 is 0 Å². The summed E-state index contributed by atoms with van der Waals surface area (Å²) in [6.07, 6.45) is 4.61. The van der Waals surface area contributed by atoms with Gasteiger partial charge in [0.2, 0.25) is 0 Å². The van der Waals surface area contributed by atoms with Crippen molar-refractivity contribution in [3.05, 3.63) is 54.1 Å². The summed E-state index contributed by atoms with van der Waals surface area (Å²) in [5.41, 5.74) is 2.34. The number of nitrogens with one attached hydrogen (secondary N) is 1. The quantitative estimate of drug-likeness (QED) is 0.503. The van der Waals surface area contributed by atoms with E-state index in [-0.39, 0.29) is 12.2 Å². The largest absolute Gasteiger partial charge is 0.491 e. The molecule has 4 heteroatoms.